The average Bonchev–Trinajstić information content (AvgIpc) is 2.62. The maximum absolute atomic E-state index is 10.1. The van der Waals surface area contributed by atoms with Crippen molar-refractivity contribution in [3.8, 4) is 0 Å². The summed E-state index contributed by atoms with van der Waals surface area (Å²) in [5.74, 6) is -3.45. The SMILES string of the molecule is O=C(O)C(O)C(O)C(O)C(O)CO.O=C(O)C(O)C(O)C(O)C(O)CO.[Zn].[Zn]. The summed E-state index contributed by atoms with van der Waals surface area (Å²) in [6.45, 7) is -1.69. The van der Waals surface area contributed by atoms with Crippen molar-refractivity contribution >= 4 is 11.9 Å². The second kappa shape index (κ2) is 17.6. The summed E-state index contributed by atoms with van der Waals surface area (Å²) in [5.41, 5.74) is 0. The van der Waals surface area contributed by atoms with Crippen molar-refractivity contribution in [2.45, 2.75) is 48.8 Å². The quantitative estimate of drug-likeness (QED) is 0.119. The van der Waals surface area contributed by atoms with Crippen LogP contribution in [0.3, 0.4) is 0 Å². The number of carbonyl (C=O) groups is 2. The van der Waals surface area contributed by atoms with Gasteiger partial charge < -0.3 is 61.3 Å². The first kappa shape index (κ1) is 35.2. The monoisotopic (exact) mass is 520 g/mol. The van der Waals surface area contributed by atoms with Crippen molar-refractivity contribution in [2.24, 2.45) is 0 Å². The topological polar surface area (TPSA) is 277 Å². The Morgan fingerprint density at radius 2 is 0.750 bits per heavy atom. The zero-order valence-electron chi connectivity index (χ0n) is 14.6. The van der Waals surface area contributed by atoms with Gasteiger partial charge in [-0.05, 0) is 0 Å². The van der Waals surface area contributed by atoms with Gasteiger partial charge in [0.25, 0.3) is 0 Å². The predicted molar refractivity (Wildman–Crippen MR) is 77.5 cm³/mol. The number of carboxylic acids is 2. The second-order valence-electron chi connectivity index (χ2n) is 5.03. The Bertz CT molecular complexity index is 389. The molecule has 16 heteroatoms. The van der Waals surface area contributed by atoms with Crippen LogP contribution in [-0.4, -0.2) is 135 Å². The van der Waals surface area contributed by atoms with Gasteiger partial charge in [-0.3, -0.25) is 0 Å². The van der Waals surface area contributed by atoms with Gasteiger partial charge in [-0.25, -0.2) is 9.59 Å². The number of hydrogen-bond donors (Lipinski definition) is 12. The van der Waals surface area contributed by atoms with Crippen molar-refractivity contribution in [1.82, 2.24) is 0 Å². The normalized spacial score (nSPS) is 18.9. The largest absolute Gasteiger partial charge is 0.479 e. The van der Waals surface area contributed by atoms with Crippen molar-refractivity contribution in [2.75, 3.05) is 13.2 Å². The summed E-state index contributed by atoms with van der Waals surface area (Å²) >= 11 is 0. The third-order valence-corrected chi connectivity index (χ3v) is 3.02. The molecule has 0 aliphatic heterocycles. The first-order chi connectivity index (χ1) is 11.8. The molecular weight excluding hydrogens is 499 g/mol. The number of aliphatic carboxylic acids is 2. The summed E-state index contributed by atoms with van der Waals surface area (Å²) in [6.07, 6.45) is -15.7. The van der Waals surface area contributed by atoms with E-state index in [0.29, 0.717) is 0 Å². The summed E-state index contributed by atoms with van der Waals surface area (Å²) in [6, 6.07) is 0. The maximum Gasteiger partial charge on any atom is 0.335 e. The fraction of sp³-hybridized carbons (Fsp3) is 0.833. The molecule has 0 saturated heterocycles. The molecule has 8 unspecified atom stereocenters. The van der Waals surface area contributed by atoms with Crippen LogP contribution >= 0.6 is 0 Å². The molecule has 28 heavy (non-hydrogen) atoms. The Kier molecular flexibility index (Phi) is 22.2. The van der Waals surface area contributed by atoms with E-state index in [0.717, 1.165) is 0 Å². The van der Waals surface area contributed by atoms with Crippen LogP contribution in [0.1, 0.15) is 0 Å². The molecule has 0 aromatic rings. The molecule has 0 aliphatic carbocycles. The Morgan fingerprint density at radius 3 is 0.893 bits per heavy atom. The molecule has 0 radical (unpaired) electrons. The molecule has 0 aromatic carbocycles. The molecule has 160 valence electrons. The fourth-order valence-electron chi connectivity index (χ4n) is 1.34. The van der Waals surface area contributed by atoms with E-state index in [-0.39, 0.29) is 39.0 Å². The summed E-state index contributed by atoms with van der Waals surface area (Å²) in [4.78, 5) is 20.2. The Balaban J connectivity index is -0.000000192. The molecular formula is C12H24O14Zn2. The van der Waals surface area contributed by atoms with Gasteiger partial charge in [0.15, 0.2) is 12.2 Å². The van der Waals surface area contributed by atoms with E-state index in [1.165, 1.54) is 0 Å². The maximum atomic E-state index is 10.1. The smallest absolute Gasteiger partial charge is 0.335 e. The minimum absolute atomic E-state index is 0. The van der Waals surface area contributed by atoms with Gasteiger partial charge in [0.1, 0.15) is 36.6 Å². The molecule has 14 nitrogen and oxygen atoms in total. The van der Waals surface area contributed by atoms with Crippen LogP contribution in [0.25, 0.3) is 0 Å². The van der Waals surface area contributed by atoms with Crippen LogP contribution in [0.4, 0.5) is 0 Å². The van der Waals surface area contributed by atoms with E-state index >= 15 is 0 Å². The van der Waals surface area contributed by atoms with Crippen LogP contribution in [0.2, 0.25) is 0 Å². The molecule has 0 rings (SSSR count). The van der Waals surface area contributed by atoms with Crippen molar-refractivity contribution < 1.29 is 110 Å². The van der Waals surface area contributed by atoms with Crippen LogP contribution < -0.4 is 0 Å². The summed E-state index contributed by atoms with van der Waals surface area (Å²) in [5, 5.41) is 104. The standard InChI is InChI=1S/2C6H12O7.2Zn/c2*7-1-2(8)3(9)4(10)5(11)6(12)13;;/h2*2-5,7-11H,1H2,(H,12,13);;. The van der Waals surface area contributed by atoms with Gasteiger partial charge >= 0.3 is 11.9 Å². The Hall–Kier alpha value is -0.213. The van der Waals surface area contributed by atoms with E-state index in [2.05, 4.69) is 0 Å². The van der Waals surface area contributed by atoms with E-state index in [1.54, 1.807) is 0 Å². The number of rotatable bonds is 10. The van der Waals surface area contributed by atoms with E-state index in [1.807, 2.05) is 0 Å². The zero-order chi connectivity index (χ0) is 21.2. The fourth-order valence-corrected chi connectivity index (χ4v) is 1.34. The van der Waals surface area contributed by atoms with E-state index in [9.17, 15) is 9.59 Å². The molecule has 0 saturated carbocycles. The minimum Gasteiger partial charge on any atom is -0.479 e. The van der Waals surface area contributed by atoms with Crippen molar-refractivity contribution in [3.63, 3.8) is 0 Å². The molecule has 8 atom stereocenters. The molecule has 0 amide bonds. The zero-order valence-corrected chi connectivity index (χ0v) is 20.6. The average molecular weight is 523 g/mol. The van der Waals surface area contributed by atoms with E-state index in [4.69, 9.17) is 61.3 Å². The first-order valence-corrected chi connectivity index (χ1v) is 6.95. The van der Waals surface area contributed by atoms with Crippen molar-refractivity contribution in [3.05, 3.63) is 0 Å². The Morgan fingerprint density at radius 1 is 0.536 bits per heavy atom. The van der Waals surface area contributed by atoms with Crippen LogP contribution in [0.5, 0.6) is 0 Å². The minimum atomic E-state index is -2.20. The molecule has 0 aromatic heterocycles. The van der Waals surface area contributed by atoms with Crippen LogP contribution in [0.15, 0.2) is 0 Å². The van der Waals surface area contributed by atoms with Gasteiger partial charge in [-0.2, -0.15) is 0 Å². The third-order valence-electron chi connectivity index (χ3n) is 3.02. The van der Waals surface area contributed by atoms with E-state index < -0.39 is 74.0 Å². The molecule has 12 N–H and O–H groups in total. The van der Waals surface area contributed by atoms with Gasteiger partial charge in [0.05, 0.1) is 13.2 Å². The third kappa shape index (κ3) is 12.4. The molecule has 0 aliphatic rings. The summed E-state index contributed by atoms with van der Waals surface area (Å²) in [7, 11) is 0. The number of carboxylic acid groups (broad SMARTS) is 2. The van der Waals surface area contributed by atoms with Gasteiger partial charge in [0, 0.05) is 39.0 Å². The molecule has 0 heterocycles. The van der Waals surface area contributed by atoms with Gasteiger partial charge in [0.2, 0.25) is 0 Å². The molecule has 0 bridgehead atoms. The summed E-state index contributed by atoms with van der Waals surface area (Å²) < 4.78 is 0. The second-order valence-corrected chi connectivity index (χ2v) is 5.03. The van der Waals surface area contributed by atoms with Crippen molar-refractivity contribution in [1.29, 1.82) is 0 Å². The number of hydrogen-bond acceptors (Lipinski definition) is 12. The van der Waals surface area contributed by atoms with Gasteiger partial charge in [-0.1, -0.05) is 0 Å². The number of aliphatic hydroxyl groups is 10. The predicted octanol–water partition coefficient (Wildman–Crippen LogP) is -6.99. The molecule has 0 spiro atoms. The number of aliphatic hydroxyl groups excluding tert-OH is 10. The van der Waals surface area contributed by atoms with Crippen LogP contribution in [-0.2, 0) is 48.5 Å². The van der Waals surface area contributed by atoms with Gasteiger partial charge in [-0.15, -0.1) is 0 Å². The van der Waals surface area contributed by atoms with Crippen LogP contribution in [0, 0.1) is 0 Å². The Labute approximate surface area is 183 Å². The first-order valence-electron chi connectivity index (χ1n) is 6.95. The molecule has 0 fully saturated rings.